The van der Waals surface area contributed by atoms with Crippen LogP contribution in [0.25, 0.3) is 10.8 Å². The van der Waals surface area contributed by atoms with Gasteiger partial charge in [0.05, 0.1) is 32.4 Å². The number of hydrogen-bond acceptors (Lipinski definition) is 5. The topological polar surface area (TPSA) is 77.9 Å². The van der Waals surface area contributed by atoms with Gasteiger partial charge in [0.25, 0.3) is 0 Å². The zero-order valence-corrected chi connectivity index (χ0v) is 12.6. The van der Waals surface area contributed by atoms with Gasteiger partial charge in [0.15, 0.2) is 11.5 Å². The lowest BCUT2D eigenvalue weighted by Gasteiger charge is -2.18. The van der Waals surface area contributed by atoms with Gasteiger partial charge in [-0.2, -0.15) is 0 Å². The summed E-state index contributed by atoms with van der Waals surface area (Å²) in [4.78, 5) is 15.3. The van der Waals surface area contributed by atoms with Crippen LogP contribution in [0.3, 0.4) is 0 Å². The summed E-state index contributed by atoms with van der Waals surface area (Å²) in [5, 5.41) is 10.5. The molecule has 0 spiro atoms. The van der Waals surface area contributed by atoms with Crippen LogP contribution in [-0.4, -0.2) is 37.4 Å². The maximum atomic E-state index is 11.2. The minimum atomic E-state index is -1.09. The number of aromatic carboxylic acids is 1. The fraction of sp³-hybridized carbons (Fsp3) is 0.333. The second-order valence-corrected chi connectivity index (χ2v) is 4.55. The van der Waals surface area contributed by atoms with Crippen LogP contribution in [0.1, 0.15) is 21.7 Å². The van der Waals surface area contributed by atoms with E-state index in [1.165, 1.54) is 20.3 Å². The Morgan fingerprint density at radius 3 is 2.10 bits per heavy atom. The molecule has 0 fully saturated rings. The summed E-state index contributed by atoms with van der Waals surface area (Å²) in [6.07, 6.45) is 0. The number of aryl methyl sites for hydroxylation is 1. The molecule has 0 radical (unpaired) electrons. The molecule has 112 valence electrons. The Morgan fingerprint density at radius 1 is 1.05 bits per heavy atom. The Morgan fingerprint density at radius 2 is 1.62 bits per heavy atom. The molecule has 2 aromatic rings. The standard InChI is InChI=1S/C15H17NO5/c1-7-12(19-3)9-6-10(15(17)18)16-8(2)11(9)14(21-5)13(7)20-4/h6H,1-5H3,(H,17,18). The normalized spacial score (nSPS) is 10.5. The molecule has 0 aliphatic carbocycles. The second-order valence-electron chi connectivity index (χ2n) is 4.55. The highest BCUT2D eigenvalue weighted by molar-refractivity contribution is 6.01. The van der Waals surface area contributed by atoms with Crippen molar-refractivity contribution in [3.05, 3.63) is 23.0 Å². The van der Waals surface area contributed by atoms with Crippen molar-refractivity contribution in [2.75, 3.05) is 21.3 Å². The number of rotatable bonds is 4. The first-order valence-corrected chi connectivity index (χ1v) is 6.29. The van der Waals surface area contributed by atoms with Crippen molar-refractivity contribution < 1.29 is 24.1 Å². The first kappa shape index (κ1) is 14.9. The predicted molar refractivity (Wildman–Crippen MR) is 77.8 cm³/mol. The van der Waals surface area contributed by atoms with Crippen molar-refractivity contribution in [3.8, 4) is 17.2 Å². The first-order valence-electron chi connectivity index (χ1n) is 6.29. The number of carboxylic acid groups (broad SMARTS) is 1. The summed E-state index contributed by atoms with van der Waals surface area (Å²) in [7, 11) is 4.61. The highest BCUT2D eigenvalue weighted by atomic mass is 16.5. The zero-order chi connectivity index (χ0) is 15.7. The molecule has 6 heteroatoms. The van der Waals surface area contributed by atoms with Crippen molar-refractivity contribution in [3.63, 3.8) is 0 Å². The molecule has 0 bridgehead atoms. The Bertz CT molecular complexity index is 724. The summed E-state index contributed by atoms with van der Waals surface area (Å²) >= 11 is 0. The van der Waals surface area contributed by atoms with E-state index in [4.69, 9.17) is 19.3 Å². The maximum Gasteiger partial charge on any atom is 0.354 e. The zero-order valence-electron chi connectivity index (χ0n) is 12.6. The van der Waals surface area contributed by atoms with Crippen LogP contribution in [0.2, 0.25) is 0 Å². The van der Waals surface area contributed by atoms with Gasteiger partial charge in [0, 0.05) is 10.9 Å². The lowest BCUT2D eigenvalue weighted by molar-refractivity contribution is 0.0690. The fourth-order valence-corrected chi connectivity index (χ4v) is 2.54. The third kappa shape index (κ3) is 2.22. The Kier molecular flexibility index (Phi) is 3.88. The molecular formula is C15H17NO5. The molecular weight excluding hydrogens is 274 g/mol. The van der Waals surface area contributed by atoms with Gasteiger partial charge >= 0.3 is 5.97 Å². The van der Waals surface area contributed by atoms with E-state index in [1.807, 2.05) is 6.92 Å². The van der Waals surface area contributed by atoms with Gasteiger partial charge in [-0.1, -0.05) is 0 Å². The monoisotopic (exact) mass is 291 g/mol. The summed E-state index contributed by atoms with van der Waals surface area (Å²) in [5.74, 6) is 0.535. The lowest BCUT2D eigenvalue weighted by atomic mass is 10.0. The number of benzene rings is 1. The number of nitrogens with zero attached hydrogens (tertiary/aromatic N) is 1. The molecule has 0 aliphatic heterocycles. The number of carbonyl (C=O) groups is 1. The third-order valence-corrected chi connectivity index (χ3v) is 3.39. The van der Waals surface area contributed by atoms with E-state index in [9.17, 15) is 4.79 Å². The van der Waals surface area contributed by atoms with E-state index in [1.54, 1.807) is 14.0 Å². The van der Waals surface area contributed by atoms with E-state index in [0.29, 0.717) is 33.7 Å². The molecule has 0 atom stereocenters. The van der Waals surface area contributed by atoms with Gasteiger partial charge in [0.2, 0.25) is 0 Å². The quantitative estimate of drug-likeness (QED) is 0.932. The van der Waals surface area contributed by atoms with Crippen LogP contribution >= 0.6 is 0 Å². The summed E-state index contributed by atoms with van der Waals surface area (Å²) in [6, 6.07) is 1.48. The Labute approximate surface area is 122 Å². The number of ether oxygens (including phenoxy) is 3. The van der Waals surface area contributed by atoms with Crippen molar-refractivity contribution in [2.24, 2.45) is 0 Å². The van der Waals surface area contributed by atoms with E-state index >= 15 is 0 Å². The summed E-state index contributed by atoms with van der Waals surface area (Å²) in [5.41, 5.74) is 1.24. The third-order valence-electron chi connectivity index (χ3n) is 3.39. The number of carboxylic acids is 1. The largest absolute Gasteiger partial charge is 0.496 e. The Balaban J connectivity index is 3.04. The molecule has 1 heterocycles. The van der Waals surface area contributed by atoms with E-state index in [2.05, 4.69) is 4.98 Å². The van der Waals surface area contributed by atoms with E-state index in [0.717, 1.165) is 5.56 Å². The average molecular weight is 291 g/mol. The molecule has 21 heavy (non-hydrogen) atoms. The first-order chi connectivity index (χ1) is 9.96. The molecule has 0 amide bonds. The van der Waals surface area contributed by atoms with Gasteiger partial charge in [-0.3, -0.25) is 0 Å². The molecule has 0 unspecified atom stereocenters. The molecule has 6 nitrogen and oxygen atoms in total. The van der Waals surface area contributed by atoms with Crippen LogP contribution < -0.4 is 14.2 Å². The van der Waals surface area contributed by atoms with Crippen LogP contribution in [0.5, 0.6) is 17.2 Å². The summed E-state index contributed by atoms with van der Waals surface area (Å²) in [6.45, 7) is 3.56. The molecule has 1 aromatic carbocycles. The maximum absolute atomic E-state index is 11.2. The minimum absolute atomic E-state index is 0.0371. The van der Waals surface area contributed by atoms with E-state index in [-0.39, 0.29) is 5.69 Å². The van der Waals surface area contributed by atoms with Crippen molar-refractivity contribution in [2.45, 2.75) is 13.8 Å². The van der Waals surface area contributed by atoms with Gasteiger partial charge in [0.1, 0.15) is 11.4 Å². The molecule has 0 aliphatic rings. The molecule has 0 saturated heterocycles. The van der Waals surface area contributed by atoms with Gasteiger partial charge in [-0.25, -0.2) is 9.78 Å². The van der Waals surface area contributed by atoms with Crippen molar-refractivity contribution >= 4 is 16.7 Å². The summed E-state index contributed by atoms with van der Waals surface area (Å²) < 4.78 is 16.3. The van der Waals surface area contributed by atoms with Gasteiger partial charge < -0.3 is 19.3 Å². The number of fused-ring (bicyclic) bond motifs is 1. The number of aromatic nitrogens is 1. The fourth-order valence-electron chi connectivity index (χ4n) is 2.54. The smallest absolute Gasteiger partial charge is 0.354 e. The molecule has 2 rings (SSSR count). The lowest BCUT2D eigenvalue weighted by Crippen LogP contribution is -2.05. The van der Waals surface area contributed by atoms with Crippen LogP contribution in [0, 0.1) is 13.8 Å². The Hall–Kier alpha value is -2.50. The van der Waals surface area contributed by atoms with Crippen LogP contribution in [0.4, 0.5) is 0 Å². The van der Waals surface area contributed by atoms with Crippen molar-refractivity contribution in [1.29, 1.82) is 0 Å². The SMILES string of the molecule is COc1c(C)c(OC)c2cc(C(=O)O)nc(C)c2c1OC. The molecule has 1 aromatic heterocycles. The van der Waals surface area contributed by atoms with Crippen LogP contribution in [-0.2, 0) is 0 Å². The van der Waals surface area contributed by atoms with Gasteiger partial charge in [-0.15, -0.1) is 0 Å². The van der Waals surface area contributed by atoms with Crippen LogP contribution in [0.15, 0.2) is 6.07 Å². The molecule has 0 saturated carbocycles. The van der Waals surface area contributed by atoms with Crippen molar-refractivity contribution in [1.82, 2.24) is 4.98 Å². The van der Waals surface area contributed by atoms with E-state index < -0.39 is 5.97 Å². The number of hydrogen-bond donors (Lipinski definition) is 1. The highest BCUT2D eigenvalue weighted by Crippen LogP contribution is 2.46. The predicted octanol–water partition coefficient (Wildman–Crippen LogP) is 2.58. The highest BCUT2D eigenvalue weighted by Gasteiger charge is 2.22. The minimum Gasteiger partial charge on any atom is -0.496 e. The van der Waals surface area contributed by atoms with Gasteiger partial charge in [-0.05, 0) is 19.9 Å². The number of pyridine rings is 1. The molecule has 1 N–H and O–H groups in total. The number of methoxy groups -OCH3 is 3. The average Bonchev–Trinajstić information content (AvgIpc) is 2.45. The second kappa shape index (κ2) is 5.47.